The molecule has 3 atom stereocenters. The average molecular weight is 485 g/mol. The fourth-order valence-electron chi connectivity index (χ4n) is 4.89. The second-order valence-electron chi connectivity index (χ2n) is 10.7. The van der Waals surface area contributed by atoms with Crippen LogP contribution < -0.4 is 10.6 Å². The lowest BCUT2D eigenvalue weighted by Crippen LogP contribution is -2.57. The molecule has 0 bridgehead atoms. The van der Waals surface area contributed by atoms with E-state index in [0.29, 0.717) is 6.54 Å². The maximum Gasteiger partial charge on any atom is 0.243 e. The number of likely N-dealkylation sites (N-methyl/N-ethyl adjacent to an activating group) is 1. The third-order valence-corrected chi connectivity index (χ3v) is 7.92. The summed E-state index contributed by atoms with van der Waals surface area (Å²) in [5.74, 6) is -0.311. The predicted molar refractivity (Wildman–Crippen MR) is 134 cm³/mol. The molecule has 1 unspecified atom stereocenters. The summed E-state index contributed by atoms with van der Waals surface area (Å²) in [5, 5.41) is 16.9. The Morgan fingerprint density at radius 3 is 2.47 bits per heavy atom. The van der Waals surface area contributed by atoms with E-state index >= 15 is 0 Å². The van der Waals surface area contributed by atoms with Crippen molar-refractivity contribution in [3.8, 4) is 10.4 Å². The van der Waals surface area contributed by atoms with E-state index < -0.39 is 23.7 Å². The third-order valence-electron chi connectivity index (χ3n) is 6.94. The molecule has 3 N–H and O–H groups in total. The third kappa shape index (κ3) is 4.90. The molecule has 2 aliphatic rings. The van der Waals surface area contributed by atoms with E-state index in [1.807, 2.05) is 40.1 Å². The molecule has 2 amide bonds. The first kappa shape index (κ1) is 24.8. The number of carbonyl (C=O) groups is 2. The van der Waals surface area contributed by atoms with E-state index in [4.69, 9.17) is 0 Å². The van der Waals surface area contributed by atoms with Crippen LogP contribution in [0.1, 0.15) is 58.2 Å². The topological polar surface area (TPSA) is 94.6 Å². The van der Waals surface area contributed by atoms with Crippen molar-refractivity contribution in [2.75, 3.05) is 13.1 Å². The summed E-state index contributed by atoms with van der Waals surface area (Å²) >= 11 is 1.62. The van der Waals surface area contributed by atoms with Gasteiger partial charge in [-0.25, -0.2) is 4.98 Å². The molecular weight excluding hydrogens is 448 g/mol. The van der Waals surface area contributed by atoms with Crippen LogP contribution in [0, 0.1) is 12.3 Å². The normalized spacial score (nSPS) is 22.5. The van der Waals surface area contributed by atoms with E-state index in [1.165, 1.54) is 0 Å². The SMILES string of the molecule is CCNC(C(=O)N1C[C@H](O)C[C@H]1C(=O)NC1(c2ccc(-c3scnc3C)cc2)CC1)C(C)(C)C. The first-order valence-electron chi connectivity index (χ1n) is 12.1. The number of β-amino-alcohol motifs (C(OH)–C–C–N with tert-alkyl or cyclic N) is 1. The van der Waals surface area contributed by atoms with Crippen LogP contribution in [0.2, 0.25) is 0 Å². The Labute approximate surface area is 206 Å². The van der Waals surface area contributed by atoms with Crippen molar-refractivity contribution in [3.63, 3.8) is 0 Å². The molecule has 1 aliphatic carbocycles. The molecule has 1 aliphatic heterocycles. The molecule has 1 saturated heterocycles. The van der Waals surface area contributed by atoms with Gasteiger partial charge in [0.25, 0.3) is 0 Å². The highest BCUT2D eigenvalue weighted by atomic mass is 32.1. The van der Waals surface area contributed by atoms with E-state index in [9.17, 15) is 14.7 Å². The zero-order valence-corrected chi connectivity index (χ0v) is 21.5. The van der Waals surface area contributed by atoms with Gasteiger partial charge < -0.3 is 20.6 Å². The number of amides is 2. The number of hydrogen-bond acceptors (Lipinski definition) is 6. The number of aliphatic hydroxyl groups excluding tert-OH is 1. The van der Waals surface area contributed by atoms with Gasteiger partial charge in [-0.2, -0.15) is 0 Å². The van der Waals surface area contributed by atoms with E-state index in [0.717, 1.165) is 34.5 Å². The van der Waals surface area contributed by atoms with Gasteiger partial charge in [0.15, 0.2) is 0 Å². The lowest BCUT2D eigenvalue weighted by molar-refractivity contribution is -0.142. The smallest absolute Gasteiger partial charge is 0.243 e. The predicted octanol–water partition coefficient (Wildman–Crippen LogP) is 3.21. The maximum absolute atomic E-state index is 13.4. The first-order chi connectivity index (χ1) is 16.1. The molecule has 7 nitrogen and oxygen atoms in total. The van der Waals surface area contributed by atoms with Crippen molar-refractivity contribution in [1.29, 1.82) is 0 Å². The second kappa shape index (κ2) is 9.40. The number of benzene rings is 1. The number of thiazole rings is 1. The molecule has 2 fully saturated rings. The molecule has 0 radical (unpaired) electrons. The Hall–Kier alpha value is -2.29. The first-order valence-corrected chi connectivity index (χ1v) is 13.0. The molecule has 2 aromatic rings. The number of nitrogens with zero attached hydrogens (tertiary/aromatic N) is 2. The molecule has 1 aromatic heterocycles. The molecular formula is C26H36N4O3S. The van der Waals surface area contributed by atoms with Gasteiger partial charge in [-0.05, 0) is 42.9 Å². The maximum atomic E-state index is 13.4. The molecule has 8 heteroatoms. The van der Waals surface area contributed by atoms with Crippen LogP contribution in [0.25, 0.3) is 10.4 Å². The van der Waals surface area contributed by atoms with Crippen LogP contribution in [0.3, 0.4) is 0 Å². The summed E-state index contributed by atoms with van der Waals surface area (Å²) in [6, 6.07) is 7.24. The Kier molecular flexibility index (Phi) is 6.86. The molecule has 4 rings (SSSR count). The molecule has 1 aromatic carbocycles. The zero-order valence-electron chi connectivity index (χ0n) is 20.7. The van der Waals surface area contributed by atoms with E-state index in [-0.39, 0.29) is 30.2 Å². The number of aryl methyl sites for hydroxylation is 1. The number of hydrogen-bond donors (Lipinski definition) is 3. The number of likely N-dealkylation sites (tertiary alicyclic amines) is 1. The van der Waals surface area contributed by atoms with Gasteiger partial charge in [0.1, 0.15) is 6.04 Å². The second-order valence-corrected chi connectivity index (χ2v) is 11.5. The fraction of sp³-hybridized carbons (Fsp3) is 0.577. The van der Waals surface area contributed by atoms with Crippen LogP contribution in [0.5, 0.6) is 0 Å². The highest BCUT2D eigenvalue weighted by molar-refractivity contribution is 7.13. The van der Waals surface area contributed by atoms with Crippen molar-refractivity contribution >= 4 is 23.2 Å². The van der Waals surface area contributed by atoms with E-state index in [1.54, 1.807) is 16.2 Å². The lowest BCUT2D eigenvalue weighted by atomic mass is 9.85. The number of nitrogens with one attached hydrogen (secondary N) is 2. The molecule has 0 spiro atoms. The molecule has 1 saturated carbocycles. The summed E-state index contributed by atoms with van der Waals surface area (Å²) < 4.78 is 0. The number of aliphatic hydroxyl groups is 1. The Morgan fingerprint density at radius 2 is 1.94 bits per heavy atom. The molecule has 184 valence electrons. The van der Waals surface area contributed by atoms with Gasteiger partial charge in [0.2, 0.25) is 11.8 Å². The number of aromatic nitrogens is 1. The van der Waals surface area contributed by atoms with Gasteiger partial charge >= 0.3 is 0 Å². The standard InChI is InChI=1S/C26H36N4O3S/c1-6-27-22(25(3,4)5)24(33)30-14-19(31)13-20(30)23(32)29-26(11-12-26)18-9-7-17(8-10-18)21-16(2)28-15-34-21/h7-10,15,19-20,22,27,31H,6,11-14H2,1-5H3,(H,29,32)/t19-,20+,22?/m1/s1. The van der Waals surface area contributed by atoms with Crippen molar-refractivity contribution < 1.29 is 14.7 Å². The summed E-state index contributed by atoms with van der Waals surface area (Å²) in [4.78, 5) is 33.9. The van der Waals surface area contributed by atoms with Gasteiger partial charge in [-0.15, -0.1) is 11.3 Å². The average Bonchev–Trinajstić information content (AvgIpc) is 3.25. The number of carbonyl (C=O) groups excluding carboxylic acids is 2. The molecule has 2 heterocycles. The van der Waals surface area contributed by atoms with Crippen LogP contribution in [-0.2, 0) is 15.1 Å². The van der Waals surface area contributed by atoms with Crippen molar-refractivity contribution in [2.45, 2.75) is 77.6 Å². The lowest BCUT2D eigenvalue weighted by Gasteiger charge is -2.35. The highest BCUT2D eigenvalue weighted by Crippen LogP contribution is 2.46. The quantitative estimate of drug-likeness (QED) is 0.561. The monoisotopic (exact) mass is 484 g/mol. The van der Waals surface area contributed by atoms with Gasteiger partial charge in [-0.1, -0.05) is 52.0 Å². The highest BCUT2D eigenvalue weighted by Gasteiger charge is 2.49. The van der Waals surface area contributed by atoms with Crippen LogP contribution >= 0.6 is 11.3 Å². The number of rotatable bonds is 7. The Bertz CT molecular complexity index is 1040. The molecule has 34 heavy (non-hydrogen) atoms. The minimum absolute atomic E-state index is 0.125. The van der Waals surface area contributed by atoms with Gasteiger partial charge in [0, 0.05) is 13.0 Å². The van der Waals surface area contributed by atoms with Crippen LogP contribution in [0.4, 0.5) is 0 Å². The van der Waals surface area contributed by atoms with Crippen molar-refractivity contribution in [2.24, 2.45) is 5.41 Å². The van der Waals surface area contributed by atoms with Crippen LogP contribution in [-0.4, -0.2) is 58.1 Å². The summed E-state index contributed by atoms with van der Waals surface area (Å²) in [7, 11) is 0. The summed E-state index contributed by atoms with van der Waals surface area (Å²) in [6.45, 7) is 10.8. The summed E-state index contributed by atoms with van der Waals surface area (Å²) in [5.41, 5.74) is 4.36. The summed E-state index contributed by atoms with van der Waals surface area (Å²) in [6.07, 6.45) is 1.30. The van der Waals surface area contributed by atoms with Crippen LogP contribution in [0.15, 0.2) is 29.8 Å². The Morgan fingerprint density at radius 1 is 1.26 bits per heavy atom. The zero-order chi connectivity index (χ0) is 24.7. The Balaban J connectivity index is 1.49. The van der Waals surface area contributed by atoms with E-state index in [2.05, 4.69) is 39.9 Å². The fourth-order valence-corrected chi connectivity index (χ4v) is 5.70. The minimum atomic E-state index is -0.695. The van der Waals surface area contributed by atoms with Crippen molar-refractivity contribution in [3.05, 3.63) is 41.0 Å². The van der Waals surface area contributed by atoms with Gasteiger partial charge in [0.05, 0.1) is 33.8 Å². The van der Waals surface area contributed by atoms with Gasteiger partial charge in [-0.3, -0.25) is 9.59 Å². The minimum Gasteiger partial charge on any atom is -0.391 e. The largest absolute Gasteiger partial charge is 0.391 e. The van der Waals surface area contributed by atoms with Crippen molar-refractivity contribution in [1.82, 2.24) is 20.5 Å².